The number of para-hydroxylation sites is 1. The molecule has 134 valence electrons. The van der Waals surface area contributed by atoms with Crippen LogP contribution in [0.5, 0.6) is 0 Å². The number of benzene rings is 2. The Kier molecular flexibility index (Phi) is 5.74. The van der Waals surface area contributed by atoms with Crippen molar-refractivity contribution in [2.75, 3.05) is 5.32 Å². The second-order valence-corrected chi connectivity index (χ2v) is 5.93. The Morgan fingerprint density at radius 2 is 1.67 bits per heavy atom. The average Bonchev–Trinajstić information content (AvgIpc) is 2.70. The van der Waals surface area contributed by atoms with Crippen molar-refractivity contribution in [3.05, 3.63) is 102 Å². The first-order chi connectivity index (χ1) is 13.1. The molecule has 0 atom stereocenters. The minimum atomic E-state index is -0.405. The maximum Gasteiger partial charge on any atom is 0.272 e. The van der Waals surface area contributed by atoms with E-state index in [0.29, 0.717) is 16.8 Å². The predicted octanol–water partition coefficient (Wildman–Crippen LogP) is 3.80. The van der Waals surface area contributed by atoms with Crippen molar-refractivity contribution in [3.8, 4) is 0 Å². The molecule has 2 aromatic carbocycles. The fraction of sp³-hybridized carbons (Fsp3) is 0.0455. The van der Waals surface area contributed by atoms with E-state index >= 15 is 0 Å². The lowest BCUT2D eigenvalue weighted by Crippen LogP contribution is -2.30. The van der Waals surface area contributed by atoms with Crippen LogP contribution in [0.15, 0.2) is 84.8 Å². The zero-order chi connectivity index (χ0) is 19.1. The van der Waals surface area contributed by atoms with Crippen LogP contribution < -0.4 is 10.6 Å². The molecule has 3 rings (SSSR count). The van der Waals surface area contributed by atoms with Crippen LogP contribution in [0, 0.1) is 6.92 Å². The lowest BCUT2D eigenvalue weighted by molar-refractivity contribution is -0.113. The summed E-state index contributed by atoms with van der Waals surface area (Å²) in [4.78, 5) is 29.4. The molecule has 3 aromatic rings. The Bertz CT molecular complexity index is 967. The van der Waals surface area contributed by atoms with Crippen molar-refractivity contribution >= 4 is 23.6 Å². The second kappa shape index (κ2) is 8.58. The number of carbonyl (C=O) groups is 2. The van der Waals surface area contributed by atoms with Gasteiger partial charge in [-0.2, -0.15) is 0 Å². The molecule has 5 heteroatoms. The molecule has 0 fully saturated rings. The number of nitrogens with one attached hydrogen (secondary N) is 2. The SMILES string of the molecule is Cc1ccccc1NC(=O)/C(=C/c1cccnc1)NC(=O)c1ccccc1. The number of nitrogens with zero attached hydrogens (tertiary/aromatic N) is 1. The topological polar surface area (TPSA) is 71.1 Å². The molecular formula is C22H19N3O2. The molecule has 0 bridgehead atoms. The Morgan fingerprint density at radius 1 is 0.926 bits per heavy atom. The van der Waals surface area contributed by atoms with Crippen LogP contribution >= 0.6 is 0 Å². The van der Waals surface area contributed by atoms with Gasteiger partial charge in [-0.05, 0) is 48.4 Å². The van der Waals surface area contributed by atoms with Gasteiger partial charge in [0.05, 0.1) is 0 Å². The molecule has 2 amide bonds. The number of hydrogen-bond donors (Lipinski definition) is 2. The summed E-state index contributed by atoms with van der Waals surface area (Å²) in [5.74, 6) is -0.761. The summed E-state index contributed by atoms with van der Waals surface area (Å²) < 4.78 is 0. The monoisotopic (exact) mass is 357 g/mol. The summed E-state index contributed by atoms with van der Waals surface area (Å²) in [6.45, 7) is 1.91. The standard InChI is InChI=1S/C22H19N3O2/c1-16-8-5-6-12-19(16)24-22(27)20(14-17-9-7-13-23-15-17)25-21(26)18-10-3-2-4-11-18/h2-15H,1H3,(H,24,27)(H,25,26)/b20-14-. The van der Waals surface area contributed by atoms with Crippen LogP contribution in [0.1, 0.15) is 21.5 Å². The third-order valence-corrected chi connectivity index (χ3v) is 3.92. The molecular weight excluding hydrogens is 338 g/mol. The quantitative estimate of drug-likeness (QED) is 0.682. The van der Waals surface area contributed by atoms with Crippen LogP contribution in [0.2, 0.25) is 0 Å². The predicted molar refractivity (Wildman–Crippen MR) is 106 cm³/mol. The maximum atomic E-state index is 12.8. The highest BCUT2D eigenvalue weighted by molar-refractivity contribution is 6.10. The molecule has 0 aliphatic heterocycles. The Hall–Kier alpha value is -3.73. The van der Waals surface area contributed by atoms with E-state index in [4.69, 9.17) is 0 Å². The van der Waals surface area contributed by atoms with E-state index in [-0.39, 0.29) is 11.6 Å². The molecule has 2 N–H and O–H groups in total. The number of rotatable bonds is 5. The Morgan fingerprint density at radius 3 is 2.37 bits per heavy atom. The van der Waals surface area contributed by atoms with Gasteiger partial charge in [-0.15, -0.1) is 0 Å². The number of anilines is 1. The van der Waals surface area contributed by atoms with Crippen LogP contribution in [0.25, 0.3) is 6.08 Å². The second-order valence-electron chi connectivity index (χ2n) is 5.93. The summed E-state index contributed by atoms with van der Waals surface area (Å²) in [5, 5.41) is 5.55. The fourth-order valence-corrected chi connectivity index (χ4v) is 2.47. The number of hydrogen-bond acceptors (Lipinski definition) is 3. The summed E-state index contributed by atoms with van der Waals surface area (Å²) >= 11 is 0. The van der Waals surface area contributed by atoms with Gasteiger partial charge in [0.25, 0.3) is 11.8 Å². The van der Waals surface area contributed by atoms with Gasteiger partial charge >= 0.3 is 0 Å². The molecule has 27 heavy (non-hydrogen) atoms. The third-order valence-electron chi connectivity index (χ3n) is 3.92. The number of pyridine rings is 1. The Balaban J connectivity index is 1.88. The first-order valence-corrected chi connectivity index (χ1v) is 8.48. The van der Waals surface area contributed by atoms with E-state index in [0.717, 1.165) is 5.56 Å². The Labute approximate surface area is 157 Å². The normalized spacial score (nSPS) is 10.9. The summed E-state index contributed by atoms with van der Waals surface area (Å²) in [7, 11) is 0. The smallest absolute Gasteiger partial charge is 0.272 e. The minimum absolute atomic E-state index is 0.139. The van der Waals surface area contributed by atoms with Crippen LogP contribution in [0.4, 0.5) is 5.69 Å². The summed E-state index contributed by atoms with van der Waals surface area (Å²) in [5.41, 5.74) is 2.94. The minimum Gasteiger partial charge on any atom is -0.320 e. The fourth-order valence-electron chi connectivity index (χ4n) is 2.47. The van der Waals surface area contributed by atoms with Gasteiger partial charge in [0.15, 0.2) is 0 Å². The van der Waals surface area contributed by atoms with Gasteiger partial charge < -0.3 is 10.6 Å². The van der Waals surface area contributed by atoms with Gasteiger partial charge in [-0.1, -0.05) is 42.5 Å². The molecule has 5 nitrogen and oxygen atoms in total. The first kappa shape index (κ1) is 18.1. The summed E-state index contributed by atoms with van der Waals surface area (Å²) in [6, 6.07) is 19.8. The number of carbonyl (C=O) groups excluding carboxylic acids is 2. The number of amides is 2. The molecule has 0 aliphatic rings. The molecule has 0 unspecified atom stereocenters. The highest BCUT2D eigenvalue weighted by Gasteiger charge is 2.15. The van der Waals surface area contributed by atoms with Crippen LogP contribution in [-0.4, -0.2) is 16.8 Å². The van der Waals surface area contributed by atoms with E-state index < -0.39 is 5.91 Å². The zero-order valence-corrected chi connectivity index (χ0v) is 14.8. The average molecular weight is 357 g/mol. The zero-order valence-electron chi connectivity index (χ0n) is 14.8. The summed E-state index contributed by atoms with van der Waals surface area (Å²) in [6.07, 6.45) is 4.87. The van der Waals surface area contributed by atoms with Crippen LogP contribution in [-0.2, 0) is 4.79 Å². The van der Waals surface area contributed by atoms with Crippen molar-refractivity contribution in [2.24, 2.45) is 0 Å². The van der Waals surface area contributed by atoms with Gasteiger partial charge in [-0.25, -0.2) is 0 Å². The molecule has 0 saturated heterocycles. The molecule has 0 radical (unpaired) electrons. The van der Waals surface area contributed by atoms with Crippen molar-refractivity contribution in [1.82, 2.24) is 10.3 Å². The van der Waals surface area contributed by atoms with Crippen molar-refractivity contribution in [3.63, 3.8) is 0 Å². The number of aromatic nitrogens is 1. The van der Waals surface area contributed by atoms with Crippen LogP contribution in [0.3, 0.4) is 0 Å². The third kappa shape index (κ3) is 4.89. The van der Waals surface area contributed by atoms with E-state index in [2.05, 4.69) is 15.6 Å². The lowest BCUT2D eigenvalue weighted by atomic mass is 10.1. The molecule has 1 aromatic heterocycles. The van der Waals surface area contributed by atoms with Gasteiger partial charge in [0.1, 0.15) is 5.70 Å². The van der Waals surface area contributed by atoms with Gasteiger partial charge in [-0.3, -0.25) is 14.6 Å². The molecule has 0 spiro atoms. The van der Waals surface area contributed by atoms with Gasteiger partial charge in [0.2, 0.25) is 0 Å². The van der Waals surface area contributed by atoms with Gasteiger partial charge in [0, 0.05) is 23.6 Å². The first-order valence-electron chi connectivity index (χ1n) is 8.48. The van der Waals surface area contributed by atoms with E-state index in [1.54, 1.807) is 48.8 Å². The van der Waals surface area contributed by atoms with E-state index in [1.165, 1.54) is 0 Å². The molecule has 0 aliphatic carbocycles. The van der Waals surface area contributed by atoms with Crippen molar-refractivity contribution < 1.29 is 9.59 Å². The lowest BCUT2D eigenvalue weighted by Gasteiger charge is -2.12. The highest BCUT2D eigenvalue weighted by Crippen LogP contribution is 2.15. The van der Waals surface area contributed by atoms with E-state index in [9.17, 15) is 9.59 Å². The van der Waals surface area contributed by atoms with Crippen molar-refractivity contribution in [2.45, 2.75) is 6.92 Å². The largest absolute Gasteiger partial charge is 0.320 e. The molecule has 0 saturated carbocycles. The number of aryl methyl sites for hydroxylation is 1. The van der Waals surface area contributed by atoms with Crippen molar-refractivity contribution in [1.29, 1.82) is 0 Å². The van der Waals surface area contributed by atoms with E-state index in [1.807, 2.05) is 43.3 Å². The molecule has 1 heterocycles. The maximum absolute atomic E-state index is 12.8. The highest BCUT2D eigenvalue weighted by atomic mass is 16.2.